The van der Waals surface area contributed by atoms with Crippen molar-refractivity contribution in [2.24, 2.45) is 0 Å². The third-order valence-electron chi connectivity index (χ3n) is 5.18. The van der Waals surface area contributed by atoms with Crippen LogP contribution in [-0.4, -0.2) is 39.2 Å². The fraction of sp³-hybridized carbons (Fsp3) is 0.632. The molecule has 1 saturated carbocycles. The number of benzene rings is 1. The minimum Gasteiger partial charge on any atom is -0.390 e. The maximum atomic E-state index is 12.2. The molecule has 23 heavy (non-hydrogen) atoms. The number of carbonyl (C=O) groups excluding carboxylic acids is 1. The maximum Gasteiger partial charge on any atom is 0.233 e. The molecule has 1 aromatic rings. The average Bonchev–Trinajstić information content (AvgIpc) is 3.14. The number of thioether (sulfide) groups is 1. The molecule has 0 radical (unpaired) electrons. The summed E-state index contributed by atoms with van der Waals surface area (Å²) in [6.45, 7) is 0.721. The Hall–Kier alpha value is -1.00. The molecular formula is C19H27NO2S. The van der Waals surface area contributed by atoms with Gasteiger partial charge in [0.1, 0.15) is 0 Å². The predicted octanol–water partition coefficient (Wildman–Crippen LogP) is 3.61. The molecule has 4 heteroatoms. The second kappa shape index (κ2) is 7.71. The molecule has 1 unspecified atom stereocenters. The van der Waals surface area contributed by atoms with Crippen LogP contribution in [0, 0.1) is 0 Å². The summed E-state index contributed by atoms with van der Waals surface area (Å²) >= 11 is 1.77. The predicted molar refractivity (Wildman–Crippen MR) is 95.4 cm³/mol. The molecular weight excluding hydrogens is 306 g/mol. The van der Waals surface area contributed by atoms with Crippen LogP contribution in [0.3, 0.4) is 0 Å². The first-order chi connectivity index (χ1) is 11.2. The summed E-state index contributed by atoms with van der Waals surface area (Å²) in [6.07, 6.45) is 8.03. The van der Waals surface area contributed by atoms with Gasteiger partial charge in [0.25, 0.3) is 0 Å². The number of carbonyl (C=O) groups is 1. The van der Waals surface area contributed by atoms with Crippen molar-refractivity contribution in [3.8, 4) is 0 Å². The Labute approximate surface area is 143 Å². The van der Waals surface area contributed by atoms with E-state index >= 15 is 0 Å². The second-order valence-electron chi connectivity index (χ2n) is 6.91. The van der Waals surface area contributed by atoms with Gasteiger partial charge in [-0.2, -0.15) is 0 Å². The van der Waals surface area contributed by atoms with Crippen LogP contribution in [0.5, 0.6) is 0 Å². The van der Waals surface area contributed by atoms with Crippen molar-refractivity contribution in [2.45, 2.75) is 62.3 Å². The summed E-state index contributed by atoms with van der Waals surface area (Å²) in [5.74, 6) is 0.857. The molecule has 0 aromatic heterocycles. The van der Waals surface area contributed by atoms with E-state index in [4.69, 9.17) is 0 Å². The number of nitrogens with zero attached hydrogens (tertiary/aromatic N) is 1. The molecule has 3 nitrogen and oxygen atoms in total. The lowest BCUT2D eigenvalue weighted by atomic mass is 9.97. The lowest BCUT2D eigenvalue weighted by molar-refractivity contribution is -0.128. The molecule has 1 amide bonds. The van der Waals surface area contributed by atoms with Crippen molar-refractivity contribution in [2.75, 3.05) is 12.3 Å². The molecule has 1 aliphatic carbocycles. The second-order valence-corrected chi connectivity index (χ2v) is 8.08. The van der Waals surface area contributed by atoms with Crippen molar-refractivity contribution < 1.29 is 9.90 Å². The number of hydrogen-bond acceptors (Lipinski definition) is 3. The van der Waals surface area contributed by atoms with Gasteiger partial charge in [-0.15, -0.1) is 11.8 Å². The van der Waals surface area contributed by atoms with Gasteiger partial charge in [0.2, 0.25) is 5.91 Å². The normalized spacial score (nSPS) is 23.6. The largest absolute Gasteiger partial charge is 0.390 e. The first-order valence-corrected chi connectivity index (χ1v) is 9.89. The van der Waals surface area contributed by atoms with Crippen molar-refractivity contribution in [3.63, 3.8) is 0 Å². The Balaban J connectivity index is 1.47. The number of amides is 1. The van der Waals surface area contributed by atoms with Gasteiger partial charge >= 0.3 is 0 Å². The molecule has 1 saturated heterocycles. The van der Waals surface area contributed by atoms with Gasteiger partial charge in [0, 0.05) is 6.54 Å². The minimum atomic E-state index is -0.512. The van der Waals surface area contributed by atoms with Gasteiger partial charge in [-0.05, 0) is 44.1 Å². The van der Waals surface area contributed by atoms with E-state index in [1.165, 1.54) is 5.56 Å². The number of hydrogen-bond donors (Lipinski definition) is 1. The highest BCUT2D eigenvalue weighted by molar-refractivity contribution is 8.00. The third kappa shape index (κ3) is 4.51. The highest BCUT2D eigenvalue weighted by atomic mass is 32.2. The van der Waals surface area contributed by atoms with E-state index in [-0.39, 0.29) is 5.91 Å². The smallest absolute Gasteiger partial charge is 0.233 e. The molecule has 2 aliphatic rings. The molecule has 0 bridgehead atoms. The van der Waals surface area contributed by atoms with Crippen LogP contribution < -0.4 is 0 Å². The fourth-order valence-corrected chi connectivity index (χ4v) is 4.98. The zero-order valence-corrected chi connectivity index (χ0v) is 14.6. The summed E-state index contributed by atoms with van der Waals surface area (Å²) in [5.41, 5.74) is 0.857. The van der Waals surface area contributed by atoms with Gasteiger partial charge < -0.3 is 10.0 Å². The van der Waals surface area contributed by atoms with Crippen LogP contribution >= 0.6 is 11.8 Å². The zero-order chi connectivity index (χ0) is 16.1. The summed E-state index contributed by atoms with van der Waals surface area (Å²) in [4.78, 5) is 14.2. The number of aliphatic hydroxyl groups is 1. The van der Waals surface area contributed by atoms with E-state index in [9.17, 15) is 9.90 Å². The van der Waals surface area contributed by atoms with Crippen LogP contribution in [0.25, 0.3) is 0 Å². The molecule has 1 atom stereocenters. The molecule has 1 N–H and O–H groups in total. The number of rotatable bonds is 7. The van der Waals surface area contributed by atoms with Crippen molar-refractivity contribution >= 4 is 17.7 Å². The summed E-state index contributed by atoms with van der Waals surface area (Å²) < 4.78 is 0. The Kier molecular flexibility index (Phi) is 5.65. The van der Waals surface area contributed by atoms with E-state index in [2.05, 4.69) is 24.3 Å². The highest BCUT2D eigenvalue weighted by Crippen LogP contribution is 2.35. The maximum absolute atomic E-state index is 12.2. The van der Waals surface area contributed by atoms with E-state index in [1.54, 1.807) is 11.8 Å². The lowest BCUT2D eigenvalue weighted by Gasteiger charge is -2.29. The van der Waals surface area contributed by atoms with Crippen molar-refractivity contribution in [3.05, 3.63) is 35.9 Å². The van der Waals surface area contributed by atoms with Crippen molar-refractivity contribution in [1.29, 1.82) is 0 Å². The van der Waals surface area contributed by atoms with Gasteiger partial charge in [-0.25, -0.2) is 0 Å². The SMILES string of the molecule is O=C1CSC(CCCc2ccccc2)N1CCC1(O)CCCC1. The van der Waals surface area contributed by atoms with Crippen molar-refractivity contribution in [1.82, 2.24) is 4.90 Å². The standard InChI is InChI=1S/C19H27NO2S/c21-17-15-23-18(10-6-9-16-7-2-1-3-8-16)20(17)14-13-19(22)11-4-5-12-19/h1-3,7-8,18,22H,4-6,9-15H2. The Morgan fingerprint density at radius 1 is 1.22 bits per heavy atom. The van der Waals surface area contributed by atoms with Gasteiger partial charge in [0.05, 0.1) is 16.7 Å². The highest BCUT2D eigenvalue weighted by Gasteiger charge is 2.35. The van der Waals surface area contributed by atoms with Crippen LogP contribution in [0.1, 0.15) is 50.5 Å². The van der Waals surface area contributed by atoms with Crippen LogP contribution in [0.4, 0.5) is 0 Å². The van der Waals surface area contributed by atoms with Crippen LogP contribution in [-0.2, 0) is 11.2 Å². The van der Waals surface area contributed by atoms with Gasteiger partial charge in [-0.1, -0.05) is 43.2 Å². The topological polar surface area (TPSA) is 40.5 Å². The zero-order valence-electron chi connectivity index (χ0n) is 13.7. The Bertz CT molecular complexity index is 513. The molecule has 3 rings (SSSR count). The van der Waals surface area contributed by atoms with E-state index in [0.29, 0.717) is 11.1 Å². The van der Waals surface area contributed by atoms with Crippen LogP contribution in [0.15, 0.2) is 30.3 Å². The Morgan fingerprint density at radius 3 is 2.70 bits per heavy atom. The fourth-order valence-electron chi connectivity index (χ4n) is 3.75. The summed E-state index contributed by atoms with van der Waals surface area (Å²) in [6, 6.07) is 10.5. The molecule has 1 aliphatic heterocycles. The molecule has 2 fully saturated rings. The van der Waals surface area contributed by atoms with Gasteiger partial charge in [-0.3, -0.25) is 4.79 Å². The quantitative estimate of drug-likeness (QED) is 0.829. The first kappa shape index (κ1) is 16.8. The first-order valence-electron chi connectivity index (χ1n) is 8.84. The van der Waals surface area contributed by atoms with E-state index in [1.807, 2.05) is 11.0 Å². The monoisotopic (exact) mass is 333 g/mol. The average molecular weight is 333 g/mol. The van der Waals surface area contributed by atoms with Crippen LogP contribution in [0.2, 0.25) is 0 Å². The van der Waals surface area contributed by atoms with E-state index < -0.39 is 5.60 Å². The minimum absolute atomic E-state index is 0.251. The summed E-state index contributed by atoms with van der Waals surface area (Å²) in [7, 11) is 0. The van der Waals surface area contributed by atoms with E-state index in [0.717, 1.165) is 57.9 Å². The molecule has 126 valence electrons. The summed E-state index contributed by atoms with van der Waals surface area (Å²) in [5, 5.41) is 10.8. The van der Waals surface area contributed by atoms with Gasteiger partial charge in [0.15, 0.2) is 0 Å². The molecule has 0 spiro atoms. The Morgan fingerprint density at radius 2 is 1.96 bits per heavy atom. The third-order valence-corrected chi connectivity index (χ3v) is 6.47. The number of aryl methyl sites for hydroxylation is 1. The molecule has 1 aromatic carbocycles. The molecule has 1 heterocycles. The lowest BCUT2D eigenvalue weighted by Crippen LogP contribution is -2.38.